The summed E-state index contributed by atoms with van der Waals surface area (Å²) in [4.78, 5) is 13.9. The van der Waals surface area contributed by atoms with Crippen molar-refractivity contribution in [2.75, 3.05) is 23.3 Å². The minimum Gasteiger partial charge on any atom is -0.362 e. The molecule has 3 nitrogen and oxygen atoms in total. The largest absolute Gasteiger partial charge is 0.362 e. The van der Waals surface area contributed by atoms with Crippen LogP contribution in [0.4, 0.5) is 15.8 Å². The average molecular weight is 307 g/mol. The van der Waals surface area contributed by atoms with Gasteiger partial charge in [-0.25, -0.2) is 4.39 Å². The van der Waals surface area contributed by atoms with Gasteiger partial charge < -0.3 is 10.2 Å². The van der Waals surface area contributed by atoms with Crippen molar-refractivity contribution in [2.24, 2.45) is 0 Å². The standard InChI is InChI=1S/C16H16ClFN2O/c1-2-20(13-7-5-6-12(18)10-13)11-16(21)19-15-9-4-3-8-14(15)17/h3-10H,2,11H2,1H3,(H,19,21). The van der Waals surface area contributed by atoms with Gasteiger partial charge in [-0.15, -0.1) is 0 Å². The summed E-state index contributed by atoms with van der Waals surface area (Å²) in [6.45, 7) is 2.64. The van der Waals surface area contributed by atoms with Gasteiger partial charge in [0.05, 0.1) is 17.3 Å². The highest BCUT2D eigenvalue weighted by molar-refractivity contribution is 6.33. The first-order valence-electron chi connectivity index (χ1n) is 6.65. The Labute approximate surface area is 128 Å². The zero-order chi connectivity index (χ0) is 15.2. The third-order valence-electron chi connectivity index (χ3n) is 3.04. The molecule has 2 aromatic rings. The van der Waals surface area contributed by atoms with Gasteiger partial charge in [-0.1, -0.05) is 29.8 Å². The second-order valence-electron chi connectivity index (χ2n) is 4.52. The van der Waals surface area contributed by atoms with E-state index in [0.29, 0.717) is 22.9 Å². The maximum Gasteiger partial charge on any atom is 0.243 e. The number of hydrogen-bond donors (Lipinski definition) is 1. The first-order chi connectivity index (χ1) is 10.1. The molecule has 0 saturated heterocycles. The molecular weight excluding hydrogens is 291 g/mol. The van der Waals surface area contributed by atoms with Crippen molar-refractivity contribution in [2.45, 2.75) is 6.92 Å². The fourth-order valence-electron chi connectivity index (χ4n) is 1.98. The highest BCUT2D eigenvalue weighted by Gasteiger charge is 2.11. The third-order valence-corrected chi connectivity index (χ3v) is 3.37. The van der Waals surface area contributed by atoms with Gasteiger partial charge in [0.25, 0.3) is 0 Å². The summed E-state index contributed by atoms with van der Waals surface area (Å²) in [5.41, 5.74) is 1.24. The quantitative estimate of drug-likeness (QED) is 0.907. The number of carbonyl (C=O) groups is 1. The maximum atomic E-state index is 13.3. The number of nitrogens with zero attached hydrogens (tertiary/aromatic N) is 1. The molecule has 1 amide bonds. The van der Waals surface area contributed by atoms with E-state index in [0.717, 1.165) is 0 Å². The summed E-state index contributed by atoms with van der Waals surface area (Å²) in [6.07, 6.45) is 0. The summed E-state index contributed by atoms with van der Waals surface area (Å²) >= 11 is 6.00. The van der Waals surface area contributed by atoms with E-state index in [2.05, 4.69) is 5.32 Å². The molecule has 1 N–H and O–H groups in total. The molecule has 21 heavy (non-hydrogen) atoms. The third kappa shape index (κ3) is 4.20. The van der Waals surface area contributed by atoms with Crippen LogP contribution < -0.4 is 10.2 Å². The molecule has 0 saturated carbocycles. The molecule has 0 aliphatic carbocycles. The lowest BCUT2D eigenvalue weighted by Gasteiger charge is -2.22. The minimum absolute atomic E-state index is 0.130. The van der Waals surface area contributed by atoms with E-state index >= 15 is 0 Å². The average Bonchev–Trinajstić information content (AvgIpc) is 2.47. The molecular formula is C16H16ClFN2O. The summed E-state index contributed by atoms with van der Waals surface area (Å²) in [7, 11) is 0. The zero-order valence-corrected chi connectivity index (χ0v) is 12.4. The lowest BCUT2D eigenvalue weighted by molar-refractivity contribution is -0.115. The van der Waals surface area contributed by atoms with Gasteiger partial charge in [-0.05, 0) is 37.3 Å². The van der Waals surface area contributed by atoms with Crippen molar-refractivity contribution < 1.29 is 9.18 Å². The lowest BCUT2D eigenvalue weighted by Crippen LogP contribution is -2.33. The van der Waals surface area contributed by atoms with Gasteiger partial charge in [0.2, 0.25) is 5.91 Å². The minimum atomic E-state index is -0.322. The number of likely N-dealkylation sites (N-methyl/N-ethyl adjacent to an activating group) is 1. The number of rotatable bonds is 5. The molecule has 0 radical (unpaired) electrons. The molecule has 0 aromatic heterocycles. The van der Waals surface area contributed by atoms with Gasteiger partial charge in [0, 0.05) is 12.2 Å². The van der Waals surface area contributed by atoms with E-state index < -0.39 is 0 Å². The van der Waals surface area contributed by atoms with Gasteiger partial charge in [0.15, 0.2) is 0 Å². The van der Waals surface area contributed by atoms with E-state index in [1.165, 1.54) is 12.1 Å². The second kappa shape index (κ2) is 7.09. The van der Waals surface area contributed by atoms with Crippen LogP contribution in [-0.4, -0.2) is 19.0 Å². The Morgan fingerprint density at radius 3 is 2.67 bits per heavy atom. The van der Waals surface area contributed by atoms with Gasteiger partial charge in [-0.2, -0.15) is 0 Å². The Kier molecular flexibility index (Phi) is 5.17. The number of halogens is 2. The van der Waals surface area contributed by atoms with Gasteiger partial charge >= 0.3 is 0 Å². The summed E-state index contributed by atoms with van der Waals surface area (Å²) in [6, 6.07) is 13.2. The van der Waals surface area contributed by atoms with E-state index in [1.54, 1.807) is 41.3 Å². The van der Waals surface area contributed by atoms with E-state index in [9.17, 15) is 9.18 Å². The van der Waals surface area contributed by atoms with Crippen LogP contribution in [0.3, 0.4) is 0 Å². The zero-order valence-electron chi connectivity index (χ0n) is 11.6. The van der Waals surface area contributed by atoms with Crippen molar-refractivity contribution >= 4 is 28.9 Å². The fourth-order valence-corrected chi connectivity index (χ4v) is 2.17. The Hall–Kier alpha value is -2.07. The normalized spacial score (nSPS) is 10.2. The Morgan fingerprint density at radius 1 is 1.24 bits per heavy atom. The van der Waals surface area contributed by atoms with Crippen molar-refractivity contribution in [3.8, 4) is 0 Å². The lowest BCUT2D eigenvalue weighted by atomic mass is 10.2. The molecule has 110 valence electrons. The topological polar surface area (TPSA) is 32.3 Å². The number of carbonyl (C=O) groups excluding carboxylic acids is 1. The molecule has 0 aliphatic rings. The number of hydrogen-bond acceptors (Lipinski definition) is 2. The van der Waals surface area contributed by atoms with Crippen LogP contribution in [0.1, 0.15) is 6.92 Å². The SMILES string of the molecule is CCN(CC(=O)Nc1ccccc1Cl)c1cccc(F)c1. The predicted octanol–water partition coefficient (Wildman–Crippen LogP) is 3.94. The van der Waals surface area contributed by atoms with Crippen LogP contribution in [0.2, 0.25) is 5.02 Å². The highest BCUT2D eigenvalue weighted by atomic mass is 35.5. The van der Waals surface area contributed by atoms with Crippen molar-refractivity contribution in [1.29, 1.82) is 0 Å². The molecule has 0 aliphatic heterocycles. The van der Waals surface area contributed by atoms with Crippen LogP contribution in [-0.2, 0) is 4.79 Å². The molecule has 0 fully saturated rings. The summed E-state index contributed by atoms with van der Waals surface area (Å²) < 4.78 is 13.3. The maximum absolute atomic E-state index is 13.3. The first-order valence-corrected chi connectivity index (χ1v) is 7.03. The molecule has 0 unspecified atom stereocenters. The van der Waals surface area contributed by atoms with E-state index in [4.69, 9.17) is 11.6 Å². The van der Waals surface area contributed by atoms with Crippen LogP contribution in [0, 0.1) is 5.82 Å². The summed E-state index contributed by atoms with van der Waals surface area (Å²) in [5, 5.41) is 3.24. The highest BCUT2D eigenvalue weighted by Crippen LogP contribution is 2.21. The summed E-state index contributed by atoms with van der Waals surface area (Å²) in [5.74, 6) is -0.522. The molecule has 2 aromatic carbocycles. The van der Waals surface area contributed by atoms with Gasteiger partial charge in [-0.3, -0.25) is 4.79 Å². The van der Waals surface area contributed by atoms with Gasteiger partial charge in [0.1, 0.15) is 5.82 Å². The van der Waals surface area contributed by atoms with E-state index in [-0.39, 0.29) is 18.3 Å². The molecule has 2 rings (SSSR count). The van der Waals surface area contributed by atoms with Crippen molar-refractivity contribution in [3.63, 3.8) is 0 Å². The number of para-hydroxylation sites is 1. The van der Waals surface area contributed by atoms with E-state index in [1.807, 2.05) is 6.92 Å². The molecule has 0 bridgehead atoms. The Morgan fingerprint density at radius 2 is 2.00 bits per heavy atom. The first kappa shape index (κ1) is 15.3. The van der Waals surface area contributed by atoms with Crippen LogP contribution in [0.5, 0.6) is 0 Å². The van der Waals surface area contributed by atoms with Crippen LogP contribution in [0.15, 0.2) is 48.5 Å². The Balaban J connectivity index is 2.05. The smallest absolute Gasteiger partial charge is 0.243 e. The number of benzene rings is 2. The molecule has 0 spiro atoms. The number of nitrogens with one attached hydrogen (secondary N) is 1. The fraction of sp³-hybridized carbons (Fsp3) is 0.188. The number of amides is 1. The molecule has 0 heterocycles. The molecule has 0 atom stereocenters. The van der Waals surface area contributed by atoms with Crippen LogP contribution in [0.25, 0.3) is 0 Å². The molecule has 5 heteroatoms. The van der Waals surface area contributed by atoms with Crippen LogP contribution >= 0.6 is 11.6 Å². The second-order valence-corrected chi connectivity index (χ2v) is 4.93. The number of anilines is 2. The van der Waals surface area contributed by atoms with Crippen molar-refractivity contribution in [1.82, 2.24) is 0 Å². The predicted molar refractivity (Wildman–Crippen MR) is 84.4 cm³/mol. The Bertz CT molecular complexity index is 633. The van der Waals surface area contributed by atoms with Crippen molar-refractivity contribution in [3.05, 3.63) is 59.4 Å². The monoisotopic (exact) mass is 306 g/mol.